The summed E-state index contributed by atoms with van der Waals surface area (Å²) >= 11 is 0. The summed E-state index contributed by atoms with van der Waals surface area (Å²) in [6, 6.07) is -0.200. The van der Waals surface area contributed by atoms with Crippen molar-refractivity contribution in [1.82, 2.24) is 4.90 Å². The number of ether oxygens (including phenoxy) is 1. The summed E-state index contributed by atoms with van der Waals surface area (Å²) in [5.74, 6) is -0.0549. The number of rotatable bonds is 6. The Labute approximate surface area is 120 Å². The lowest BCUT2D eigenvalue weighted by atomic mass is 10.0. The van der Waals surface area contributed by atoms with Gasteiger partial charge in [-0.3, -0.25) is 9.59 Å². The molecule has 114 valence electrons. The summed E-state index contributed by atoms with van der Waals surface area (Å²) < 4.78 is 5.29. The van der Waals surface area contributed by atoms with Crippen LogP contribution < -0.4 is 0 Å². The summed E-state index contributed by atoms with van der Waals surface area (Å²) in [6.07, 6.45) is 7.21. The SMILES string of the molecule is COC1CC(CC(=O)O)N(C(=O)CCC2CCCC2)C1. The van der Waals surface area contributed by atoms with E-state index in [1.54, 1.807) is 12.0 Å². The van der Waals surface area contributed by atoms with Gasteiger partial charge in [0.2, 0.25) is 5.91 Å². The van der Waals surface area contributed by atoms with E-state index in [0.29, 0.717) is 25.3 Å². The molecule has 5 nitrogen and oxygen atoms in total. The number of carbonyl (C=O) groups is 2. The summed E-state index contributed by atoms with van der Waals surface area (Å²) in [6.45, 7) is 0.540. The first kappa shape index (κ1) is 15.3. The van der Waals surface area contributed by atoms with Gasteiger partial charge in [0.25, 0.3) is 0 Å². The number of amides is 1. The topological polar surface area (TPSA) is 66.8 Å². The molecule has 0 aromatic carbocycles. The molecule has 2 rings (SSSR count). The third-order valence-corrected chi connectivity index (χ3v) is 4.68. The Hall–Kier alpha value is -1.10. The molecule has 1 aliphatic heterocycles. The lowest BCUT2D eigenvalue weighted by Gasteiger charge is -2.23. The fraction of sp³-hybridized carbons (Fsp3) is 0.867. The number of carbonyl (C=O) groups excluding carboxylic acids is 1. The lowest BCUT2D eigenvalue weighted by Crippen LogP contribution is -2.37. The molecule has 1 amide bonds. The van der Waals surface area contributed by atoms with E-state index in [-0.39, 0.29) is 24.5 Å². The summed E-state index contributed by atoms with van der Waals surface area (Å²) in [4.78, 5) is 25.0. The highest BCUT2D eigenvalue weighted by atomic mass is 16.5. The van der Waals surface area contributed by atoms with Gasteiger partial charge in [0.1, 0.15) is 0 Å². The zero-order valence-electron chi connectivity index (χ0n) is 12.2. The fourth-order valence-electron chi connectivity index (χ4n) is 3.52. The van der Waals surface area contributed by atoms with Crippen LogP contribution in [-0.2, 0) is 14.3 Å². The maximum Gasteiger partial charge on any atom is 0.305 e. The standard InChI is InChI=1S/C15H25NO4/c1-20-13-8-12(9-15(18)19)16(10-13)14(17)7-6-11-4-2-3-5-11/h11-13H,2-10H2,1H3,(H,18,19). The molecular formula is C15H25NO4. The Balaban J connectivity index is 1.86. The largest absolute Gasteiger partial charge is 0.481 e. The van der Waals surface area contributed by atoms with E-state index in [9.17, 15) is 9.59 Å². The van der Waals surface area contributed by atoms with Gasteiger partial charge >= 0.3 is 5.97 Å². The quantitative estimate of drug-likeness (QED) is 0.810. The number of hydrogen-bond acceptors (Lipinski definition) is 3. The van der Waals surface area contributed by atoms with Gasteiger partial charge in [0.15, 0.2) is 0 Å². The van der Waals surface area contributed by atoms with Crippen LogP contribution in [0.25, 0.3) is 0 Å². The van der Waals surface area contributed by atoms with E-state index in [2.05, 4.69) is 0 Å². The van der Waals surface area contributed by atoms with Crippen molar-refractivity contribution >= 4 is 11.9 Å². The van der Waals surface area contributed by atoms with Crippen molar-refractivity contribution in [3.63, 3.8) is 0 Å². The lowest BCUT2D eigenvalue weighted by molar-refractivity contribution is -0.140. The van der Waals surface area contributed by atoms with Crippen LogP contribution in [-0.4, -0.2) is 47.7 Å². The van der Waals surface area contributed by atoms with Crippen LogP contribution in [0.2, 0.25) is 0 Å². The van der Waals surface area contributed by atoms with Gasteiger partial charge < -0.3 is 14.7 Å². The number of likely N-dealkylation sites (tertiary alicyclic amines) is 1. The monoisotopic (exact) mass is 283 g/mol. The normalized spacial score (nSPS) is 27.1. The predicted octanol–water partition coefficient (Wildman–Crippen LogP) is 2.05. The molecule has 2 atom stereocenters. The van der Waals surface area contributed by atoms with E-state index in [0.717, 1.165) is 6.42 Å². The van der Waals surface area contributed by atoms with Crippen LogP contribution in [0, 0.1) is 5.92 Å². The first-order valence-corrected chi connectivity index (χ1v) is 7.64. The van der Waals surface area contributed by atoms with Crippen LogP contribution in [0.5, 0.6) is 0 Å². The van der Waals surface area contributed by atoms with Crippen LogP contribution in [0.1, 0.15) is 51.4 Å². The van der Waals surface area contributed by atoms with Gasteiger partial charge in [0.05, 0.1) is 12.5 Å². The molecule has 1 heterocycles. The highest BCUT2D eigenvalue weighted by Crippen LogP contribution is 2.30. The first-order chi connectivity index (χ1) is 9.60. The molecule has 0 radical (unpaired) electrons. The zero-order valence-corrected chi connectivity index (χ0v) is 12.2. The van der Waals surface area contributed by atoms with Crippen molar-refractivity contribution in [2.75, 3.05) is 13.7 Å². The van der Waals surface area contributed by atoms with Gasteiger partial charge in [-0.15, -0.1) is 0 Å². The highest BCUT2D eigenvalue weighted by Gasteiger charge is 2.36. The molecule has 2 fully saturated rings. The molecule has 0 aromatic rings. The van der Waals surface area contributed by atoms with E-state index in [1.165, 1.54) is 25.7 Å². The number of carboxylic acid groups (broad SMARTS) is 1. The first-order valence-electron chi connectivity index (χ1n) is 7.64. The van der Waals surface area contributed by atoms with Crippen molar-refractivity contribution in [2.45, 2.75) is 63.5 Å². The van der Waals surface area contributed by atoms with Gasteiger partial charge in [-0.25, -0.2) is 0 Å². The van der Waals surface area contributed by atoms with Gasteiger partial charge in [0, 0.05) is 26.1 Å². The van der Waals surface area contributed by atoms with Crippen molar-refractivity contribution in [1.29, 1.82) is 0 Å². The molecule has 1 saturated heterocycles. The van der Waals surface area contributed by atoms with Gasteiger partial charge in [-0.1, -0.05) is 25.7 Å². The smallest absolute Gasteiger partial charge is 0.305 e. The molecule has 2 aliphatic rings. The van der Waals surface area contributed by atoms with E-state index in [1.807, 2.05) is 0 Å². The number of methoxy groups -OCH3 is 1. The number of hydrogen-bond donors (Lipinski definition) is 1. The Morgan fingerprint density at radius 3 is 2.60 bits per heavy atom. The highest BCUT2D eigenvalue weighted by molar-refractivity contribution is 5.78. The number of aliphatic carboxylic acids is 1. The van der Waals surface area contributed by atoms with Crippen molar-refractivity contribution in [3.8, 4) is 0 Å². The van der Waals surface area contributed by atoms with Crippen molar-refractivity contribution in [3.05, 3.63) is 0 Å². The van der Waals surface area contributed by atoms with Gasteiger partial charge in [-0.05, 0) is 18.8 Å². The molecule has 0 aromatic heterocycles. The molecule has 1 aliphatic carbocycles. The summed E-state index contributed by atoms with van der Waals surface area (Å²) in [5, 5.41) is 8.96. The molecule has 1 N–H and O–H groups in total. The van der Waals surface area contributed by atoms with Crippen LogP contribution in [0.4, 0.5) is 0 Å². The average molecular weight is 283 g/mol. The second-order valence-corrected chi connectivity index (χ2v) is 6.08. The summed E-state index contributed by atoms with van der Waals surface area (Å²) in [5.41, 5.74) is 0. The van der Waals surface area contributed by atoms with Crippen molar-refractivity contribution in [2.24, 2.45) is 5.92 Å². The third-order valence-electron chi connectivity index (χ3n) is 4.68. The molecule has 0 bridgehead atoms. The van der Waals surface area contributed by atoms with Crippen LogP contribution in [0.15, 0.2) is 0 Å². The number of carboxylic acids is 1. The second-order valence-electron chi connectivity index (χ2n) is 6.08. The zero-order chi connectivity index (χ0) is 14.5. The molecular weight excluding hydrogens is 258 g/mol. The van der Waals surface area contributed by atoms with Crippen LogP contribution in [0.3, 0.4) is 0 Å². The molecule has 20 heavy (non-hydrogen) atoms. The average Bonchev–Trinajstić information content (AvgIpc) is 3.04. The van der Waals surface area contributed by atoms with E-state index < -0.39 is 5.97 Å². The third kappa shape index (κ3) is 3.95. The van der Waals surface area contributed by atoms with Crippen LogP contribution >= 0.6 is 0 Å². The van der Waals surface area contributed by atoms with E-state index in [4.69, 9.17) is 9.84 Å². The Morgan fingerprint density at radius 2 is 2.00 bits per heavy atom. The Morgan fingerprint density at radius 1 is 1.30 bits per heavy atom. The molecule has 1 saturated carbocycles. The predicted molar refractivity (Wildman–Crippen MR) is 74.4 cm³/mol. The summed E-state index contributed by atoms with van der Waals surface area (Å²) in [7, 11) is 1.62. The van der Waals surface area contributed by atoms with Gasteiger partial charge in [-0.2, -0.15) is 0 Å². The number of nitrogens with zero attached hydrogens (tertiary/aromatic N) is 1. The van der Waals surface area contributed by atoms with E-state index >= 15 is 0 Å². The Bertz CT molecular complexity index is 352. The Kier molecular flexibility index (Phi) is 5.40. The minimum Gasteiger partial charge on any atom is -0.481 e. The fourth-order valence-corrected chi connectivity index (χ4v) is 3.52. The molecule has 2 unspecified atom stereocenters. The molecule has 0 spiro atoms. The second kappa shape index (κ2) is 7.07. The minimum atomic E-state index is -0.847. The maximum atomic E-state index is 12.3. The maximum absolute atomic E-state index is 12.3. The van der Waals surface area contributed by atoms with Crippen molar-refractivity contribution < 1.29 is 19.4 Å². The molecule has 5 heteroatoms. The minimum absolute atomic E-state index is 0.0187.